The molecule has 14 heavy (non-hydrogen) atoms. The van der Waals surface area contributed by atoms with E-state index in [0.29, 0.717) is 16.5 Å². The Morgan fingerprint density at radius 2 is 2.29 bits per heavy atom. The fourth-order valence-corrected chi connectivity index (χ4v) is 1.81. The predicted molar refractivity (Wildman–Crippen MR) is 54.3 cm³/mol. The topological polar surface area (TPSA) is 42.0 Å². The summed E-state index contributed by atoms with van der Waals surface area (Å²) in [6.45, 7) is 4.10. The van der Waals surface area contributed by atoms with Gasteiger partial charge < -0.3 is 5.32 Å². The second kappa shape index (κ2) is 3.24. The number of carbonyl (C=O) groups excluding carboxylic acids is 1. The molecule has 0 aromatic carbocycles. The van der Waals surface area contributed by atoms with Crippen molar-refractivity contribution in [3.8, 4) is 0 Å². The van der Waals surface area contributed by atoms with Crippen molar-refractivity contribution in [1.29, 1.82) is 0 Å². The Labute approximate surface area is 87.5 Å². The van der Waals surface area contributed by atoms with Gasteiger partial charge >= 0.3 is 0 Å². The number of pyridine rings is 1. The molecule has 0 radical (unpaired) electrons. The van der Waals surface area contributed by atoms with E-state index in [2.05, 4.69) is 24.1 Å². The van der Waals surface area contributed by atoms with Crippen LogP contribution in [0.5, 0.6) is 0 Å². The molecular formula is C10H11ClN2O. The second-order valence-electron chi connectivity index (χ2n) is 3.78. The van der Waals surface area contributed by atoms with E-state index in [9.17, 15) is 4.79 Å². The van der Waals surface area contributed by atoms with Gasteiger partial charge in [-0.1, -0.05) is 25.4 Å². The zero-order valence-electron chi connectivity index (χ0n) is 8.04. The first-order valence-corrected chi connectivity index (χ1v) is 4.93. The van der Waals surface area contributed by atoms with E-state index in [-0.39, 0.29) is 11.9 Å². The van der Waals surface area contributed by atoms with Crippen molar-refractivity contribution in [2.45, 2.75) is 19.9 Å². The van der Waals surface area contributed by atoms with Crippen molar-refractivity contribution in [2.75, 3.05) is 0 Å². The van der Waals surface area contributed by atoms with Gasteiger partial charge in [0.25, 0.3) is 5.91 Å². The molecule has 74 valence electrons. The number of rotatable bonds is 1. The van der Waals surface area contributed by atoms with E-state index in [4.69, 9.17) is 11.6 Å². The van der Waals surface area contributed by atoms with Gasteiger partial charge in [-0.15, -0.1) is 0 Å². The van der Waals surface area contributed by atoms with Crippen molar-refractivity contribution in [1.82, 2.24) is 10.3 Å². The lowest BCUT2D eigenvalue weighted by atomic mass is 10.0. The molecule has 0 saturated carbocycles. The first-order chi connectivity index (χ1) is 6.59. The number of carbonyl (C=O) groups is 1. The van der Waals surface area contributed by atoms with Crippen LogP contribution in [0.4, 0.5) is 0 Å². The smallest absolute Gasteiger partial charge is 0.253 e. The highest BCUT2D eigenvalue weighted by Crippen LogP contribution is 2.30. The zero-order valence-corrected chi connectivity index (χ0v) is 8.80. The number of aromatic nitrogens is 1. The third kappa shape index (κ3) is 1.38. The fourth-order valence-electron chi connectivity index (χ4n) is 1.65. The molecule has 4 heteroatoms. The summed E-state index contributed by atoms with van der Waals surface area (Å²) in [7, 11) is 0. The molecule has 0 fully saturated rings. The Kier molecular flexibility index (Phi) is 2.19. The number of fused-ring (bicyclic) bond motifs is 1. The summed E-state index contributed by atoms with van der Waals surface area (Å²) in [5.41, 5.74) is 1.42. The van der Waals surface area contributed by atoms with Gasteiger partial charge in [0, 0.05) is 6.20 Å². The van der Waals surface area contributed by atoms with Gasteiger partial charge in [0.05, 0.1) is 22.3 Å². The van der Waals surface area contributed by atoms with Crippen LogP contribution in [-0.2, 0) is 0 Å². The maximum Gasteiger partial charge on any atom is 0.253 e. The fraction of sp³-hybridized carbons (Fsp3) is 0.400. The Morgan fingerprint density at radius 1 is 1.57 bits per heavy atom. The Hall–Kier alpha value is -1.09. The summed E-state index contributed by atoms with van der Waals surface area (Å²) in [5.74, 6) is 0.266. The number of hydrogen-bond donors (Lipinski definition) is 1. The summed E-state index contributed by atoms with van der Waals surface area (Å²) in [6.07, 6.45) is 1.58. The maximum absolute atomic E-state index is 11.5. The zero-order chi connectivity index (χ0) is 10.3. The van der Waals surface area contributed by atoms with Gasteiger partial charge in [-0.2, -0.15) is 0 Å². The van der Waals surface area contributed by atoms with Crippen molar-refractivity contribution in [3.05, 3.63) is 28.5 Å². The molecule has 1 N–H and O–H groups in total. The van der Waals surface area contributed by atoms with Crippen LogP contribution in [0.15, 0.2) is 12.3 Å². The molecule has 1 aliphatic rings. The van der Waals surface area contributed by atoms with Crippen LogP contribution in [0.3, 0.4) is 0 Å². The average Bonchev–Trinajstić information content (AvgIpc) is 2.44. The monoisotopic (exact) mass is 210 g/mol. The molecule has 1 aliphatic heterocycles. The molecule has 1 unspecified atom stereocenters. The lowest BCUT2D eigenvalue weighted by Gasteiger charge is -2.14. The number of nitrogens with one attached hydrogen (secondary N) is 1. The summed E-state index contributed by atoms with van der Waals surface area (Å²) >= 11 is 5.77. The highest BCUT2D eigenvalue weighted by Gasteiger charge is 2.31. The average molecular weight is 211 g/mol. The van der Waals surface area contributed by atoms with E-state index >= 15 is 0 Å². The van der Waals surface area contributed by atoms with E-state index < -0.39 is 0 Å². The molecular weight excluding hydrogens is 200 g/mol. The number of hydrogen-bond acceptors (Lipinski definition) is 2. The molecule has 3 nitrogen and oxygen atoms in total. The highest BCUT2D eigenvalue weighted by atomic mass is 35.5. The number of amides is 1. The largest absolute Gasteiger partial charge is 0.343 e. The molecule has 0 saturated heterocycles. The van der Waals surface area contributed by atoms with Gasteiger partial charge in [-0.3, -0.25) is 9.78 Å². The van der Waals surface area contributed by atoms with E-state index in [0.717, 1.165) is 5.69 Å². The Balaban J connectivity index is 2.50. The minimum absolute atomic E-state index is 0.0229. The summed E-state index contributed by atoms with van der Waals surface area (Å²) in [5, 5.41) is 3.39. The molecule has 1 amide bonds. The van der Waals surface area contributed by atoms with Crippen LogP contribution in [0.25, 0.3) is 0 Å². The minimum atomic E-state index is -0.0753. The van der Waals surface area contributed by atoms with Crippen molar-refractivity contribution >= 4 is 17.5 Å². The molecule has 2 rings (SSSR count). The molecule has 0 bridgehead atoms. The molecule has 1 atom stereocenters. The van der Waals surface area contributed by atoms with E-state index in [1.54, 1.807) is 12.3 Å². The number of nitrogens with zero attached hydrogens (tertiary/aromatic N) is 1. The number of halogens is 1. The standard InChI is InChI=1S/C10H11ClN2O/c1-5(2)8-9-7(10(14)13-8)3-6(11)4-12-9/h3-5,8H,1-2H3,(H,13,14). The van der Waals surface area contributed by atoms with Gasteiger partial charge in [-0.25, -0.2) is 0 Å². The van der Waals surface area contributed by atoms with Crippen molar-refractivity contribution < 1.29 is 4.79 Å². The highest BCUT2D eigenvalue weighted by molar-refractivity contribution is 6.30. The quantitative estimate of drug-likeness (QED) is 0.772. The predicted octanol–water partition coefficient (Wildman–Crippen LogP) is 2.18. The molecule has 0 aliphatic carbocycles. The first-order valence-electron chi connectivity index (χ1n) is 4.56. The van der Waals surface area contributed by atoms with Crippen molar-refractivity contribution in [2.24, 2.45) is 5.92 Å². The van der Waals surface area contributed by atoms with Crippen LogP contribution in [-0.4, -0.2) is 10.9 Å². The van der Waals surface area contributed by atoms with Crippen LogP contribution < -0.4 is 5.32 Å². The van der Waals surface area contributed by atoms with Gasteiger partial charge in [0.15, 0.2) is 0 Å². The minimum Gasteiger partial charge on any atom is -0.343 e. The maximum atomic E-state index is 11.5. The van der Waals surface area contributed by atoms with Crippen LogP contribution >= 0.6 is 11.6 Å². The Morgan fingerprint density at radius 3 is 2.93 bits per heavy atom. The van der Waals surface area contributed by atoms with Crippen LogP contribution in [0.1, 0.15) is 35.9 Å². The summed E-state index contributed by atoms with van der Waals surface area (Å²) in [4.78, 5) is 15.7. The second-order valence-corrected chi connectivity index (χ2v) is 4.22. The van der Waals surface area contributed by atoms with Gasteiger partial charge in [0.1, 0.15) is 0 Å². The Bertz CT molecular complexity index is 390. The lowest BCUT2D eigenvalue weighted by Crippen LogP contribution is -2.23. The third-order valence-corrected chi connectivity index (χ3v) is 2.58. The third-order valence-electron chi connectivity index (χ3n) is 2.38. The summed E-state index contributed by atoms with van der Waals surface area (Å²) < 4.78 is 0. The normalized spacial score (nSPS) is 19.7. The van der Waals surface area contributed by atoms with E-state index in [1.807, 2.05) is 0 Å². The van der Waals surface area contributed by atoms with E-state index in [1.165, 1.54) is 0 Å². The van der Waals surface area contributed by atoms with Gasteiger partial charge in [0.2, 0.25) is 0 Å². The molecule has 2 heterocycles. The molecule has 1 aromatic heterocycles. The van der Waals surface area contributed by atoms with Crippen LogP contribution in [0, 0.1) is 5.92 Å². The molecule has 1 aromatic rings. The van der Waals surface area contributed by atoms with Crippen molar-refractivity contribution in [3.63, 3.8) is 0 Å². The lowest BCUT2D eigenvalue weighted by molar-refractivity contribution is 0.0949. The first kappa shape index (κ1) is 9.46. The van der Waals surface area contributed by atoms with Gasteiger partial charge in [-0.05, 0) is 12.0 Å². The van der Waals surface area contributed by atoms with Crippen LogP contribution in [0.2, 0.25) is 5.02 Å². The summed E-state index contributed by atoms with van der Waals surface area (Å²) in [6, 6.07) is 1.69. The SMILES string of the molecule is CC(C)C1NC(=O)c2cc(Cl)cnc21. The molecule has 0 spiro atoms.